The van der Waals surface area contributed by atoms with Gasteiger partial charge in [0.1, 0.15) is 11.7 Å². The van der Waals surface area contributed by atoms with Crippen LogP contribution >= 0.6 is 0 Å². The third kappa shape index (κ3) is 5.44. The highest BCUT2D eigenvalue weighted by molar-refractivity contribution is 5.95. The van der Waals surface area contributed by atoms with E-state index in [1.165, 1.54) is 17.2 Å². The zero-order chi connectivity index (χ0) is 24.3. The topological polar surface area (TPSA) is 109 Å². The van der Waals surface area contributed by atoms with Crippen molar-refractivity contribution in [2.24, 2.45) is 5.92 Å². The van der Waals surface area contributed by atoms with Crippen LogP contribution in [0, 0.1) is 16.0 Å². The summed E-state index contributed by atoms with van der Waals surface area (Å²) in [5.74, 6) is -0.976. The summed E-state index contributed by atoms with van der Waals surface area (Å²) in [4.78, 5) is 39.0. The molecule has 1 aliphatic rings. The molecule has 1 unspecified atom stereocenters. The van der Waals surface area contributed by atoms with Crippen molar-refractivity contribution in [3.8, 4) is 0 Å². The Balaban J connectivity index is 1.70. The van der Waals surface area contributed by atoms with Crippen molar-refractivity contribution in [1.29, 1.82) is 0 Å². The Morgan fingerprint density at radius 2 is 1.82 bits per heavy atom. The summed E-state index contributed by atoms with van der Waals surface area (Å²) in [6.07, 6.45) is -3.35. The highest BCUT2D eigenvalue weighted by Crippen LogP contribution is 2.36. The first kappa shape index (κ1) is 24.1. The number of furan rings is 1. The van der Waals surface area contributed by atoms with Gasteiger partial charge in [-0.2, -0.15) is 13.2 Å². The highest BCUT2D eigenvalue weighted by Gasteiger charge is 2.35. The second kappa shape index (κ2) is 9.51. The van der Waals surface area contributed by atoms with Crippen LogP contribution in [-0.2, 0) is 11.0 Å². The van der Waals surface area contributed by atoms with Crippen molar-refractivity contribution in [2.45, 2.75) is 26.1 Å². The number of benzene rings is 1. The molecule has 1 saturated heterocycles. The first-order valence-corrected chi connectivity index (χ1v) is 10.2. The maximum atomic E-state index is 13.0. The zero-order valence-electron chi connectivity index (χ0n) is 18.0. The lowest BCUT2D eigenvalue weighted by Crippen LogP contribution is -2.56. The van der Waals surface area contributed by atoms with Crippen LogP contribution in [-0.4, -0.2) is 53.9 Å². The standard InChI is InChI=1S/C21H23F3N4O5/c1-13(2)18(25-19(29)17-4-3-11-33-17)20(30)27-9-7-26(8-10-27)15-6-5-14(21(22,23)24)12-16(15)28(31)32/h3-6,11-13,18H,7-10H2,1-2H3,(H,25,29). The lowest BCUT2D eigenvalue weighted by Gasteiger charge is -2.38. The molecule has 9 nitrogen and oxygen atoms in total. The number of hydrogen-bond donors (Lipinski definition) is 1. The van der Waals surface area contributed by atoms with Gasteiger partial charge in [-0.1, -0.05) is 13.8 Å². The number of nitro benzene ring substituents is 1. The minimum atomic E-state index is -4.69. The number of halogens is 3. The van der Waals surface area contributed by atoms with E-state index in [0.717, 1.165) is 12.1 Å². The average molecular weight is 468 g/mol. The van der Waals surface area contributed by atoms with Gasteiger partial charge in [0.05, 0.1) is 16.7 Å². The molecule has 0 spiro atoms. The maximum absolute atomic E-state index is 13.0. The fourth-order valence-corrected chi connectivity index (χ4v) is 3.61. The van der Waals surface area contributed by atoms with Crippen LogP contribution in [0.5, 0.6) is 0 Å². The molecule has 1 aromatic carbocycles. The number of carbonyl (C=O) groups excluding carboxylic acids is 2. The molecule has 178 valence electrons. The molecule has 3 rings (SSSR count). The number of alkyl halides is 3. The van der Waals surface area contributed by atoms with Gasteiger partial charge < -0.3 is 19.5 Å². The van der Waals surface area contributed by atoms with E-state index in [2.05, 4.69) is 5.32 Å². The minimum absolute atomic E-state index is 0.0617. The SMILES string of the molecule is CC(C)C(NC(=O)c1ccco1)C(=O)N1CCN(c2ccc(C(F)(F)F)cc2[N+](=O)[O-])CC1. The molecule has 12 heteroatoms. The Hall–Kier alpha value is -3.57. The molecule has 2 heterocycles. The normalized spacial score (nSPS) is 15.5. The van der Waals surface area contributed by atoms with Gasteiger partial charge in [0, 0.05) is 32.2 Å². The summed E-state index contributed by atoms with van der Waals surface area (Å²) in [6.45, 7) is 4.33. The molecule has 1 aliphatic heterocycles. The zero-order valence-corrected chi connectivity index (χ0v) is 18.0. The summed E-state index contributed by atoms with van der Waals surface area (Å²) in [5, 5.41) is 14.0. The van der Waals surface area contributed by atoms with E-state index in [9.17, 15) is 32.9 Å². The van der Waals surface area contributed by atoms with Gasteiger partial charge in [0.15, 0.2) is 5.76 Å². The molecule has 0 aliphatic carbocycles. The fraction of sp³-hybridized carbons (Fsp3) is 0.429. The van der Waals surface area contributed by atoms with Crippen molar-refractivity contribution in [3.05, 3.63) is 58.0 Å². The Morgan fingerprint density at radius 1 is 1.15 bits per heavy atom. The number of nitrogens with zero attached hydrogens (tertiary/aromatic N) is 3. The van der Waals surface area contributed by atoms with Gasteiger partial charge in [0.25, 0.3) is 11.6 Å². The summed E-state index contributed by atoms with van der Waals surface area (Å²) >= 11 is 0. The number of rotatable bonds is 6. The summed E-state index contributed by atoms with van der Waals surface area (Å²) < 4.78 is 43.9. The highest BCUT2D eigenvalue weighted by atomic mass is 19.4. The summed E-state index contributed by atoms with van der Waals surface area (Å²) in [6, 6.07) is 4.63. The maximum Gasteiger partial charge on any atom is 0.416 e. The van der Waals surface area contributed by atoms with E-state index in [-0.39, 0.29) is 49.5 Å². The third-order valence-corrected chi connectivity index (χ3v) is 5.40. The van der Waals surface area contributed by atoms with E-state index in [1.807, 2.05) is 0 Å². The van der Waals surface area contributed by atoms with Crippen LogP contribution in [0.2, 0.25) is 0 Å². The second-order valence-electron chi connectivity index (χ2n) is 7.94. The van der Waals surface area contributed by atoms with E-state index in [4.69, 9.17) is 4.42 Å². The Kier molecular flexibility index (Phi) is 6.94. The molecular formula is C21H23F3N4O5. The number of amides is 2. The van der Waals surface area contributed by atoms with Crippen LogP contribution in [0.25, 0.3) is 0 Å². The number of nitro groups is 1. The van der Waals surface area contributed by atoms with Crippen LogP contribution in [0.1, 0.15) is 30.0 Å². The molecule has 1 aromatic heterocycles. The Labute approximate surface area is 187 Å². The van der Waals surface area contributed by atoms with Gasteiger partial charge in [-0.3, -0.25) is 19.7 Å². The van der Waals surface area contributed by atoms with Gasteiger partial charge in [0.2, 0.25) is 5.91 Å². The first-order chi connectivity index (χ1) is 15.5. The van der Waals surface area contributed by atoms with Gasteiger partial charge in [-0.25, -0.2) is 0 Å². The number of piperazine rings is 1. The Bertz CT molecular complexity index is 1020. The monoisotopic (exact) mass is 468 g/mol. The molecule has 2 aromatic rings. The lowest BCUT2D eigenvalue weighted by atomic mass is 10.0. The number of nitrogens with one attached hydrogen (secondary N) is 1. The van der Waals surface area contributed by atoms with Crippen LogP contribution in [0.3, 0.4) is 0 Å². The number of hydrogen-bond acceptors (Lipinski definition) is 6. The van der Waals surface area contributed by atoms with Crippen molar-refractivity contribution in [3.63, 3.8) is 0 Å². The summed E-state index contributed by atoms with van der Waals surface area (Å²) in [7, 11) is 0. The van der Waals surface area contributed by atoms with Crippen molar-refractivity contribution in [2.75, 3.05) is 31.1 Å². The van der Waals surface area contributed by atoms with Crippen molar-refractivity contribution < 1.29 is 32.1 Å². The molecule has 1 fully saturated rings. The molecule has 33 heavy (non-hydrogen) atoms. The smallest absolute Gasteiger partial charge is 0.416 e. The van der Waals surface area contributed by atoms with Gasteiger partial charge in [-0.05, 0) is 30.2 Å². The summed E-state index contributed by atoms with van der Waals surface area (Å²) in [5.41, 5.74) is -1.68. The minimum Gasteiger partial charge on any atom is -0.459 e. The van der Waals surface area contributed by atoms with Crippen LogP contribution in [0.4, 0.5) is 24.5 Å². The van der Waals surface area contributed by atoms with Gasteiger partial charge >= 0.3 is 6.18 Å². The van der Waals surface area contributed by atoms with E-state index >= 15 is 0 Å². The quantitative estimate of drug-likeness (QED) is 0.515. The van der Waals surface area contributed by atoms with Crippen molar-refractivity contribution in [1.82, 2.24) is 10.2 Å². The van der Waals surface area contributed by atoms with Crippen LogP contribution < -0.4 is 10.2 Å². The largest absolute Gasteiger partial charge is 0.459 e. The van der Waals surface area contributed by atoms with E-state index < -0.39 is 34.3 Å². The van der Waals surface area contributed by atoms with Crippen LogP contribution in [0.15, 0.2) is 41.0 Å². The molecular weight excluding hydrogens is 445 g/mol. The number of carbonyl (C=O) groups is 2. The fourth-order valence-electron chi connectivity index (χ4n) is 3.61. The van der Waals surface area contributed by atoms with Gasteiger partial charge in [-0.15, -0.1) is 0 Å². The first-order valence-electron chi connectivity index (χ1n) is 10.2. The molecule has 0 radical (unpaired) electrons. The molecule has 2 amide bonds. The Morgan fingerprint density at radius 3 is 2.33 bits per heavy atom. The lowest BCUT2D eigenvalue weighted by molar-refractivity contribution is -0.384. The second-order valence-corrected chi connectivity index (χ2v) is 7.94. The van der Waals surface area contributed by atoms with Crippen molar-refractivity contribution >= 4 is 23.2 Å². The average Bonchev–Trinajstić information content (AvgIpc) is 3.31. The predicted octanol–water partition coefficient (Wildman–Crippen LogP) is 3.31. The van der Waals surface area contributed by atoms with E-state index in [1.54, 1.807) is 24.8 Å². The predicted molar refractivity (Wildman–Crippen MR) is 112 cm³/mol. The molecule has 1 atom stereocenters. The molecule has 1 N–H and O–H groups in total. The number of anilines is 1. The van der Waals surface area contributed by atoms with E-state index in [0.29, 0.717) is 6.07 Å². The third-order valence-electron chi connectivity index (χ3n) is 5.40. The molecule has 0 saturated carbocycles. The molecule has 0 bridgehead atoms.